The molecule has 2 N–H and O–H groups in total. The molecule has 1 atom stereocenters. The Hall–Kier alpha value is -1.40. The number of hydrogen-bond acceptors (Lipinski definition) is 4. The van der Waals surface area contributed by atoms with Crippen molar-refractivity contribution in [3.05, 3.63) is 29.3 Å². The van der Waals surface area contributed by atoms with E-state index in [1.54, 1.807) is 0 Å². The summed E-state index contributed by atoms with van der Waals surface area (Å²) in [6.07, 6.45) is 4.48. The molecular formula is C15H25ClN6. The number of aromatic amines is 1. The van der Waals surface area contributed by atoms with Gasteiger partial charge in [0, 0.05) is 24.1 Å². The number of H-pyrrole nitrogens is 1. The minimum absolute atomic E-state index is 0. The van der Waals surface area contributed by atoms with Gasteiger partial charge in [-0.25, -0.2) is 4.68 Å². The normalized spacial score (nSPS) is 19.0. The molecule has 1 unspecified atom stereocenters. The van der Waals surface area contributed by atoms with E-state index in [9.17, 15) is 0 Å². The van der Waals surface area contributed by atoms with Gasteiger partial charge >= 0.3 is 0 Å². The molecule has 0 amide bonds. The molecule has 6 nitrogen and oxygen atoms in total. The van der Waals surface area contributed by atoms with E-state index in [4.69, 9.17) is 0 Å². The third kappa shape index (κ3) is 3.87. The van der Waals surface area contributed by atoms with E-state index in [0.717, 1.165) is 30.2 Å². The molecule has 2 aromatic heterocycles. The summed E-state index contributed by atoms with van der Waals surface area (Å²) in [6, 6.07) is 2.11. The molecule has 0 aromatic carbocycles. The van der Waals surface area contributed by atoms with Crippen LogP contribution in [0, 0.1) is 0 Å². The van der Waals surface area contributed by atoms with Crippen LogP contribution in [0.25, 0.3) is 0 Å². The maximum atomic E-state index is 4.38. The molecule has 2 aromatic rings. The quantitative estimate of drug-likeness (QED) is 0.908. The van der Waals surface area contributed by atoms with Crippen molar-refractivity contribution in [3.8, 4) is 0 Å². The lowest BCUT2D eigenvalue weighted by Crippen LogP contribution is -2.28. The van der Waals surface area contributed by atoms with Crippen molar-refractivity contribution in [3.63, 3.8) is 0 Å². The zero-order valence-electron chi connectivity index (χ0n) is 13.5. The van der Waals surface area contributed by atoms with Crippen molar-refractivity contribution in [1.82, 2.24) is 30.5 Å². The molecule has 1 fully saturated rings. The SMILES string of the molecule is CC(C)(C)c1cc(Cn2cc(C3CCCNC3)nn2)[nH]n1.Cl. The van der Waals surface area contributed by atoms with E-state index in [1.807, 2.05) is 4.68 Å². The lowest BCUT2D eigenvalue weighted by molar-refractivity contribution is 0.454. The predicted molar refractivity (Wildman–Crippen MR) is 88.5 cm³/mol. The molecule has 3 rings (SSSR count). The van der Waals surface area contributed by atoms with Crippen LogP contribution in [0.15, 0.2) is 12.3 Å². The van der Waals surface area contributed by atoms with Crippen molar-refractivity contribution in [2.45, 2.75) is 51.5 Å². The summed E-state index contributed by atoms with van der Waals surface area (Å²) < 4.78 is 1.89. The van der Waals surface area contributed by atoms with Gasteiger partial charge in [-0.15, -0.1) is 17.5 Å². The van der Waals surface area contributed by atoms with E-state index >= 15 is 0 Å². The van der Waals surface area contributed by atoms with Crippen LogP contribution in [0.4, 0.5) is 0 Å². The average Bonchev–Trinajstić information content (AvgIpc) is 3.09. The summed E-state index contributed by atoms with van der Waals surface area (Å²) >= 11 is 0. The zero-order valence-corrected chi connectivity index (χ0v) is 14.3. The monoisotopic (exact) mass is 324 g/mol. The minimum atomic E-state index is 0. The molecule has 0 radical (unpaired) electrons. The number of piperidine rings is 1. The second kappa shape index (κ2) is 6.79. The lowest BCUT2D eigenvalue weighted by Gasteiger charge is -2.20. The maximum Gasteiger partial charge on any atom is 0.0870 e. The Kier molecular flexibility index (Phi) is 5.24. The van der Waals surface area contributed by atoms with Gasteiger partial charge in [0.25, 0.3) is 0 Å². The first-order valence-corrected chi connectivity index (χ1v) is 7.68. The fourth-order valence-corrected chi connectivity index (χ4v) is 2.68. The van der Waals surface area contributed by atoms with Gasteiger partial charge in [0.05, 0.1) is 23.6 Å². The molecule has 1 aliphatic rings. The lowest BCUT2D eigenvalue weighted by atomic mass is 9.92. The molecule has 0 saturated carbocycles. The van der Waals surface area contributed by atoms with Crippen LogP contribution in [-0.4, -0.2) is 38.3 Å². The molecule has 3 heterocycles. The molecule has 122 valence electrons. The van der Waals surface area contributed by atoms with E-state index < -0.39 is 0 Å². The van der Waals surface area contributed by atoms with Crippen LogP contribution in [0.5, 0.6) is 0 Å². The number of aromatic nitrogens is 5. The van der Waals surface area contributed by atoms with Crippen molar-refractivity contribution in [1.29, 1.82) is 0 Å². The minimum Gasteiger partial charge on any atom is -0.316 e. The molecule has 1 aliphatic heterocycles. The summed E-state index contributed by atoms with van der Waals surface area (Å²) in [5, 5.41) is 19.5. The Morgan fingerprint density at radius 1 is 1.36 bits per heavy atom. The van der Waals surface area contributed by atoms with Crippen LogP contribution in [0.1, 0.15) is 56.6 Å². The number of hydrogen-bond donors (Lipinski definition) is 2. The van der Waals surface area contributed by atoms with E-state index in [2.05, 4.69) is 58.9 Å². The summed E-state index contributed by atoms with van der Waals surface area (Å²) in [5.41, 5.74) is 3.31. The Balaban J connectivity index is 0.00000176. The van der Waals surface area contributed by atoms with E-state index in [1.165, 1.54) is 12.8 Å². The maximum absolute atomic E-state index is 4.38. The Bertz CT molecular complexity index is 591. The van der Waals surface area contributed by atoms with Gasteiger partial charge in [-0.2, -0.15) is 5.10 Å². The average molecular weight is 325 g/mol. The highest BCUT2D eigenvalue weighted by atomic mass is 35.5. The van der Waals surface area contributed by atoms with Gasteiger partial charge in [-0.05, 0) is 25.5 Å². The van der Waals surface area contributed by atoms with Gasteiger partial charge in [0.15, 0.2) is 0 Å². The number of nitrogens with one attached hydrogen (secondary N) is 2. The fourth-order valence-electron chi connectivity index (χ4n) is 2.68. The second-order valence-corrected chi connectivity index (χ2v) is 6.91. The predicted octanol–water partition coefficient (Wildman–Crippen LogP) is 2.24. The molecule has 7 heteroatoms. The van der Waals surface area contributed by atoms with Crippen molar-refractivity contribution >= 4 is 12.4 Å². The Morgan fingerprint density at radius 2 is 2.18 bits per heavy atom. The van der Waals surface area contributed by atoms with Crippen LogP contribution >= 0.6 is 12.4 Å². The highest BCUT2D eigenvalue weighted by Gasteiger charge is 2.19. The molecule has 1 saturated heterocycles. The first-order valence-electron chi connectivity index (χ1n) is 7.68. The Morgan fingerprint density at radius 3 is 2.82 bits per heavy atom. The molecule has 0 aliphatic carbocycles. The van der Waals surface area contributed by atoms with E-state index in [0.29, 0.717) is 12.5 Å². The fraction of sp³-hybridized carbons (Fsp3) is 0.667. The largest absolute Gasteiger partial charge is 0.316 e. The summed E-state index contributed by atoms with van der Waals surface area (Å²) in [5.74, 6) is 0.499. The standard InChI is InChI=1S/C15H24N6.ClH/c1-15(2,3)14-7-12(17-19-14)9-21-10-13(18-20-21)11-5-4-6-16-8-11;/h7,10-11,16H,4-6,8-9H2,1-3H3,(H,17,19);1H. The number of nitrogens with zero attached hydrogens (tertiary/aromatic N) is 4. The third-order valence-corrected chi connectivity index (χ3v) is 4.00. The van der Waals surface area contributed by atoms with Gasteiger partial charge < -0.3 is 5.32 Å². The van der Waals surface area contributed by atoms with Gasteiger partial charge in [-0.1, -0.05) is 26.0 Å². The summed E-state index contributed by atoms with van der Waals surface area (Å²) in [6.45, 7) is 9.31. The van der Waals surface area contributed by atoms with Crippen LogP contribution < -0.4 is 5.32 Å². The molecular weight excluding hydrogens is 300 g/mol. The van der Waals surface area contributed by atoms with Gasteiger partial charge in [0.2, 0.25) is 0 Å². The number of halogens is 1. The molecule has 22 heavy (non-hydrogen) atoms. The zero-order chi connectivity index (χ0) is 14.9. The summed E-state index contributed by atoms with van der Waals surface area (Å²) in [7, 11) is 0. The van der Waals surface area contributed by atoms with Crippen LogP contribution in [0.3, 0.4) is 0 Å². The highest BCUT2D eigenvalue weighted by Crippen LogP contribution is 2.22. The van der Waals surface area contributed by atoms with Gasteiger partial charge in [-0.3, -0.25) is 5.10 Å². The Labute approximate surface area is 137 Å². The first kappa shape index (κ1) is 17.0. The van der Waals surface area contributed by atoms with Crippen LogP contribution in [-0.2, 0) is 12.0 Å². The van der Waals surface area contributed by atoms with Crippen LogP contribution in [0.2, 0.25) is 0 Å². The first-order chi connectivity index (χ1) is 10.0. The van der Waals surface area contributed by atoms with Crippen molar-refractivity contribution in [2.75, 3.05) is 13.1 Å². The summed E-state index contributed by atoms with van der Waals surface area (Å²) in [4.78, 5) is 0. The second-order valence-electron chi connectivity index (χ2n) is 6.91. The molecule has 0 spiro atoms. The van der Waals surface area contributed by atoms with Crippen molar-refractivity contribution < 1.29 is 0 Å². The smallest absolute Gasteiger partial charge is 0.0870 e. The topological polar surface area (TPSA) is 71.4 Å². The highest BCUT2D eigenvalue weighted by molar-refractivity contribution is 5.85. The third-order valence-electron chi connectivity index (χ3n) is 4.00. The van der Waals surface area contributed by atoms with Crippen molar-refractivity contribution in [2.24, 2.45) is 0 Å². The number of rotatable bonds is 3. The van der Waals surface area contributed by atoms with E-state index in [-0.39, 0.29) is 17.8 Å². The van der Waals surface area contributed by atoms with Gasteiger partial charge in [0.1, 0.15) is 0 Å². The molecule has 0 bridgehead atoms.